The summed E-state index contributed by atoms with van der Waals surface area (Å²) >= 11 is 0. The van der Waals surface area contributed by atoms with Gasteiger partial charge in [-0.1, -0.05) is 0 Å². The molecule has 0 saturated carbocycles. The van der Waals surface area contributed by atoms with Crippen molar-refractivity contribution >= 4 is 21.4 Å². The SMILES string of the molecule is CCOc1cc(C(=O)N(c2ccc(F)cc2)[C@H]2C=CS(=O)(=O)C2)cc(OCC)c1OCC. The van der Waals surface area contributed by atoms with Gasteiger partial charge < -0.3 is 19.1 Å². The number of nitrogens with zero attached hydrogens (tertiary/aromatic N) is 1. The third-order valence-corrected chi connectivity index (χ3v) is 6.10. The molecule has 0 N–H and O–H groups in total. The topological polar surface area (TPSA) is 82.1 Å². The Bertz CT molecular complexity index is 1070. The highest BCUT2D eigenvalue weighted by molar-refractivity contribution is 7.94. The lowest BCUT2D eigenvalue weighted by Gasteiger charge is -2.28. The zero-order valence-electron chi connectivity index (χ0n) is 18.2. The van der Waals surface area contributed by atoms with Crippen LogP contribution < -0.4 is 19.1 Å². The fraction of sp³-hybridized carbons (Fsp3) is 0.348. The zero-order valence-corrected chi connectivity index (χ0v) is 19.0. The first kappa shape index (κ1) is 23.6. The van der Waals surface area contributed by atoms with Crippen molar-refractivity contribution in [3.8, 4) is 17.2 Å². The Labute approximate surface area is 187 Å². The zero-order chi connectivity index (χ0) is 23.3. The van der Waals surface area contributed by atoms with E-state index in [1.54, 1.807) is 12.1 Å². The predicted molar refractivity (Wildman–Crippen MR) is 120 cm³/mol. The predicted octanol–water partition coefficient (Wildman–Crippen LogP) is 3.98. The van der Waals surface area contributed by atoms with Crippen LogP contribution in [0.1, 0.15) is 31.1 Å². The van der Waals surface area contributed by atoms with Crippen LogP contribution in [0.3, 0.4) is 0 Å². The van der Waals surface area contributed by atoms with Crippen molar-refractivity contribution in [1.29, 1.82) is 0 Å². The van der Waals surface area contributed by atoms with Gasteiger partial charge in [0, 0.05) is 16.7 Å². The second-order valence-electron chi connectivity index (χ2n) is 6.98. The number of carbonyl (C=O) groups excluding carboxylic acids is 1. The van der Waals surface area contributed by atoms with Crippen LogP contribution >= 0.6 is 0 Å². The van der Waals surface area contributed by atoms with Crippen molar-refractivity contribution in [2.24, 2.45) is 0 Å². The Morgan fingerprint density at radius 1 is 1.00 bits per heavy atom. The number of hydrogen-bond donors (Lipinski definition) is 0. The number of halogens is 1. The maximum Gasteiger partial charge on any atom is 0.259 e. The van der Waals surface area contributed by atoms with Crippen LogP contribution in [0.5, 0.6) is 17.2 Å². The van der Waals surface area contributed by atoms with Gasteiger partial charge in [0.1, 0.15) is 5.82 Å². The first-order chi connectivity index (χ1) is 15.3. The van der Waals surface area contributed by atoms with E-state index in [-0.39, 0.29) is 11.3 Å². The molecule has 3 rings (SSSR count). The summed E-state index contributed by atoms with van der Waals surface area (Å²) in [6, 6.07) is 7.67. The van der Waals surface area contributed by atoms with Crippen LogP contribution in [0, 0.1) is 5.82 Å². The van der Waals surface area contributed by atoms with Crippen molar-refractivity contribution < 1.29 is 31.8 Å². The van der Waals surface area contributed by atoms with Gasteiger partial charge in [-0.05, 0) is 63.2 Å². The average Bonchev–Trinajstić information content (AvgIpc) is 3.11. The molecular formula is C23H26FNO6S. The normalized spacial score (nSPS) is 16.6. The fourth-order valence-corrected chi connectivity index (χ4v) is 4.70. The van der Waals surface area contributed by atoms with Gasteiger partial charge in [-0.2, -0.15) is 0 Å². The second-order valence-corrected chi connectivity index (χ2v) is 8.91. The maximum absolute atomic E-state index is 13.7. The monoisotopic (exact) mass is 463 g/mol. The molecule has 0 spiro atoms. The number of benzene rings is 2. The maximum atomic E-state index is 13.7. The molecule has 172 valence electrons. The number of hydrogen-bond acceptors (Lipinski definition) is 6. The van der Waals surface area contributed by atoms with E-state index in [1.807, 2.05) is 20.8 Å². The summed E-state index contributed by atoms with van der Waals surface area (Å²) in [7, 11) is -3.44. The molecule has 2 aromatic rings. The Balaban J connectivity index is 2.10. The molecule has 0 fully saturated rings. The van der Waals surface area contributed by atoms with Gasteiger partial charge in [0.25, 0.3) is 5.91 Å². The van der Waals surface area contributed by atoms with E-state index in [1.165, 1.54) is 35.2 Å². The average molecular weight is 464 g/mol. The summed E-state index contributed by atoms with van der Waals surface area (Å²) in [6.45, 7) is 6.50. The first-order valence-corrected chi connectivity index (χ1v) is 12.1. The van der Waals surface area contributed by atoms with E-state index < -0.39 is 27.6 Å². The molecule has 0 bridgehead atoms. The first-order valence-electron chi connectivity index (χ1n) is 10.4. The number of rotatable bonds is 9. The summed E-state index contributed by atoms with van der Waals surface area (Å²) in [4.78, 5) is 15.0. The molecule has 1 amide bonds. The molecule has 0 aliphatic carbocycles. The molecule has 1 atom stereocenters. The largest absolute Gasteiger partial charge is 0.490 e. The molecule has 7 nitrogen and oxygen atoms in total. The van der Waals surface area contributed by atoms with Gasteiger partial charge in [0.15, 0.2) is 21.3 Å². The van der Waals surface area contributed by atoms with Gasteiger partial charge in [0.2, 0.25) is 5.75 Å². The Hall–Kier alpha value is -3.07. The van der Waals surface area contributed by atoms with Gasteiger partial charge in [0.05, 0.1) is 31.6 Å². The second kappa shape index (κ2) is 10.0. The van der Waals surface area contributed by atoms with Crippen molar-refractivity contribution in [3.05, 3.63) is 59.3 Å². The quantitative estimate of drug-likeness (QED) is 0.560. The molecule has 1 aliphatic heterocycles. The molecule has 0 saturated heterocycles. The van der Waals surface area contributed by atoms with Crippen LogP contribution in [-0.4, -0.2) is 45.9 Å². The minimum Gasteiger partial charge on any atom is -0.490 e. The van der Waals surface area contributed by atoms with E-state index in [0.29, 0.717) is 42.8 Å². The van der Waals surface area contributed by atoms with E-state index in [4.69, 9.17) is 14.2 Å². The smallest absolute Gasteiger partial charge is 0.259 e. The van der Waals surface area contributed by atoms with Crippen LogP contribution in [0.15, 0.2) is 47.9 Å². The minimum atomic E-state index is -3.44. The summed E-state index contributed by atoms with van der Waals surface area (Å²) in [5.41, 5.74) is 0.593. The molecule has 32 heavy (non-hydrogen) atoms. The van der Waals surface area contributed by atoms with Gasteiger partial charge in [-0.15, -0.1) is 0 Å². The molecule has 9 heteroatoms. The number of carbonyl (C=O) groups is 1. The van der Waals surface area contributed by atoms with Crippen molar-refractivity contribution in [3.63, 3.8) is 0 Å². The molecule has 2 aromatic carbocycles. The van der Waals surface area contributed by atoms with Crippen molar-refractivity contribution in [2.45, 2.75) is 26.8 Å². The molecular weight excluding hydrogens is 437 g/mol. The van der Waals surface area contributed by atoms with Crippen LogP contribution in [0.2, 0.25) is 0 Å². The Kier molecular flexibility index (Phi) is 7.40. The number of ether oxygens (including phenoxy) is 3. The fourth-order valence-electron chi connectivity index (χ4n) is 3.43. The van der Waals surface area contributed by atoms with Crippen LogP contribution in [0.4, 0.5) is 10.1 Å². The lowest BCUT2D eigenvalue weighted by molar-refractivity contribution is 0.0982. The Morgan fingerprint density at radius 2 is 1.56 bits per heavy atom. The van der Waals surface area contributed by atoms with Gasteiger partial charge in [-0.3, -0.25) is 4.79 Å². The van der Waals surface area contributed by atoms with E-state index >= 15 is 0 Å². The van der Waals surface area contributed by atoms with E-state index in [2.05, 4.69) is 0 Å². The summed E-state index contributed by atoms with van der Waals surface area (Å²) in [5.74, 6) is -0.120. The third kappa shape index (κ3) is 5.21. The van der Waals surface area contributed by atoms with Crippen LogP contribution in [-0.2, 0) is 9.84 Å². The number of sulfone groups is 1. The molecule has 0 radical (unpaired) electrons. The highest BCUT2D eigenvalue weighted by Gasteiger charge is 2.33. The molecule has 0 aromatic heterocycles. The Morgan fingerprint density at radius 3 is 2.03 bits per heavy atom. The summed E-state index contributed by atoms with van der Waals surface area (Å²) < 4.78 is 54.7. The molecule has 1 aliphatic rings. The molecule has 1 heterocycles. The number of amides is 1. The third-order valence-electron chi connectivity index (χ3n) is 4.72. The van der Waals surface area contributed by atoms with E-state index in [9.17, 15) is 17.6 Å². The standard InChI is InChI=1S/C23H26FNO6S/c1-4-29-20-13-16(14-21(30-5-2)22(20)31-6-3)23(26)25(18-9-7-17(24)8-10-18)19-11-12-32(27,28)15-19/h7-14,19H,4-6,15H2,1-3H3/t19-/m0/s1. The van der Waals surface area contributed by atoms with Crippen molar-refractivity contribution in [2.75, 3.05) is 30.5 Å². The van der Waals surface area contributed by atoms with E-state index in [0.717, 1.165) is 5.41 Å². The minimum absolute atomic E-state index is 0.224. The summed E-state index contributed by atoms with van der Waals surface area (Å²) in [6.07, 6.45) is 1.46. The van der Waals surface area contributed by atoms with Gasteiger partial charge >= 0.3 is 0 Å². The number of anilines is 1. The highest BCUT2D eigenvalue weighted by atomic mass is 32.2. The van der Waals surface area contributed by atoms with Crippen molar-refractivity contribution in [1.82, 2.24) is 0 Å². The lowest BCUT2D eigenvalue weighted by Crippen LogP contribution is -2.41. The lowest BCUT2D eigenvalue weighted by atomic mass is 10.1. The van der Waals surface area contributed by atoms with Gasteiger partial charge in [-0.25, -0.2) is 12.8 Å². The van der Waals surface area contributed by atoms with Crippen LogP contribution in [0.25, 0.3) is 0 Å². The molecule has 0 unspecified atom stereocenters. The summed E-state index contributed by atoms with van der Waals surface area (Å²) in [5, 5.41) is 1.09. The highest BCUT2D eigenvalue weighted by Crippen LogP contribution is 2.40.